The smallest absolute Gasteiger partial charge is 1.00 e. The van der Waals surface area contributed by atoms with Gasteiger partial charge in [0, 0.05) is 0 Å². The zero-order chi connectivity index (χ0) is 5.70. The average Bonchev–Trinajstić information content (AvgIpc) is 1.72. The van der Waals surface area contributed by atoms with Gasteiger partial charge in [0.25, 0.3) is 0 Å². The van der Waals surface area contributed by atoms with E-state index < -0.39 is 0 Å². The quantitative estimate of drug-likeness (QED) is 0.340. The van der Waals surface area contributed by atoms with Gasteiger partial charge in [-0.15, -0.1) is 0 Å². The Labute approximate surface area is 66.0 Å². The Hall–Kier alpha value is 0.337. The second kappa shape index (κ2) is 7.34. The van der Waals surface area contributed by atoms with Crippen LogP contribution in [0.2, 0.25) is 0 Å². The van der Waals surface area contributed by atoms with Gasteiger partial charge in [-0.1, -0.05) is 25.5 Å². The van der Waals surface area contributed by atoms with Gasteiger partial charge < -0.3 is 1.43 Å². The van der Waals surface area contributed by atoms with Gasteiger partial charge in [-0.2, -0.15) is 0 Å². The Kier molecular flexibility index (Phi) is 10.3. The molecule has 44 valence electrons. The molecule has 0 unspecified atom stereocenters. The second-order valence-electron chi connectivity index (χ2n) is 1.65. The minimum atomic E-state index is 0. The first-order chi connectivity index (χ1) is 3.35. The summed E-state index contributed by atoms with van der Waals surface area (Å²) in [6.07, 6.45) is 4.62. The molecule has 0 aromatic heterocycles. The van der Waals surface area contributed by atoms with Gasteiger partial charge in [-0.25, -0.2) is 0 Å². The fourth-order valence-corrected chi connectivity index (χ4v) is 0.658. The first-order valence-electron chi connectivity index (χ1n) is 2.99. The molecule has 0 aliphatic heterocycles. The molecule has 8 heavy (non-hydrogen) atoms. The molecule has 1 heteroatoms. The van der Waals surface area contributed by atoms with Crippen molar-refractivity contribution in [2.24, 2.45) is 0 Å². The second-order valence-corrected chi connectivity index (χ2v) is 1.65. The molecule has 0 atom stereocenters. The van der Waals surface area contributed by atoms with Crippen molar-refractivity contribution >= 4 is 0 Å². The molecule has 0 aliphatic carbocycles. The Bertz CT molecular complexity index is 63.3. The molecule has 0 aliphatic rings. The summed E-state index contributed by atoms with van der Waals surface area (Å²) in [7, 11) is 0. The number of rotatable bonds is 2. The Morgan fingerprint density at radius 1 is 1.38 bits per heavy atom. The predicted octanol–water partition coefficient (Wildman–Crippen LogP) is -0.131. The van der Waals surface area contributed by atoms with Crippen LogP contribution in [0.1, 0.15) is 35.0 Å². The van der Waals surface area contributed by atoms with Crippen molar-refractivity contribution in [3.63, 3.8) is 0 Å². The van der Waals surface area contributed by atoms with Crippen LogP contribution >= 0.6 is 0 Å². The van der Waals surface area contributed by atoms with Crippen molar-refractivity contribution in [1.29, 1.82) is 0 Å². The SMILES string of the molecule is CC=C(CC)CC.[H-].[Li+]. The van der Waals surface area contributed by atoms with Crippen LogP contribution in [0.15, 0.2) is 11.6 Å². The van der Waals surface area contributed by atoms with Crippen molar-refractivity contribution in [2.45, 2.75) is 33.6 Å². The van der Waals surface area contributed by atoms with E-state index in [0.29, 0.717) is 0 Å². The Balaban J connectivity index is -0.000000180. The first kappa shape index (κ1) is 11.2. The summed E-state index contributed by atoms with van der Waals surface area (Å²) in [6.45, 7) is 6.49. The molecule has 0 radical (unpaired) electrons. The van der Waals surface area contributed by atoms with Crippen molar-refractivity contribution in [1.82, 2.24) is 0 Å². The minimum Gasteiger partial charge on any atom is -1.00 e. The fraction of sp³-hybridized carbons (Fsp3) is 0.714. The molecule has 0 nitrogen and oxygen atoms in total. The van der Waals surface area contributed by atoms with Crippen LogP contribution in [0.25, 0.3) is 0 Å². The van der Waals surface area contributed by atoms with E-state index in [2.05, 4.69) is 26.8 Å². The van der Waals surface area contributed by atoms with Crippen LogP contribution in [-0.2, 0) is 0 Å². The van der Waals surface area contributed by atoms with E-state index in [1.165, 1.54) is 12.8 Å². The average molecular weight is 106 g/mol. The van der Waals surface area contributed by atoms with Crippen LogP contribution in [-0.4, -0.2) is 0 Å². The summed E-state index contributed by atoms with van der Waals surface area (Å²) >= 11 is 0. The topological polar surface area (TPSA) is 0 Å². The van der Waals surface area contributed by atoms with E-state index in [0.717, 1.165) is 0 Å². The third-order valence-corrected chi connectivity index (χ3v) is 1.32. The summed E-state index contributed by atoms with van der Waals surface area (Å²) < 4.78 is 0. The molecule has 0 aromatic rings. The molecular formula is C7H15Li. The predicted molar refractivity (Wildman–Crippen MR) is 35.5 cm³/mol. The third-order valence-electron chi connectivity index (χ3n) is 1.32. The van der Waals surface area contributed by atoms with Crippen LogP contribution in [0.5, 0.6) is 0 Å². The summed E-state index contributed by atoms with van der Waals surface area (Å²) in [5.74, 6) is 0. The van der Waals surface area contributed by atoms with E-state index in [-0.39, 0.29) is 20.3 Å². The van der Waals surface area contributed by atoms with E-state index >= 15 is 0 Å². The molecule has 0 bridgehead atoms. The van der Waals surface area contributed by atoms with Crippen molar-refractivity contribution in [3.8, 4) is 0 Å². The first-order valence-corrected chi connectivity index (χ1v) is 2.99. The van der Waals surface area contributed by atoms with Gasteiger partial charge in [0.1, 0.15) is 0 Å². The van der Waals surface area contributed by atoms with Crippen molar-refractivity contribution in [2.75, 3.05) is 0 Å². The van der Waals surface area contributed by atoms with Crippen molar-refractivity contribution < 1.29 is 20.3 Å². The molecule has 0 saturated heterocycles. The third kappa shape index (κ3) is 4.50. The number of allylic oxidation sites excluding steroid dienone is 2. The van der Waals surface area contributed by atoms with Crippen LogP contribution < -0.4 is 18.9 Å². The zero-order valence-electron chi connectivity index (χ0n) is 7.49. The van der Waals surface area contributed by atoms with E-state index in [1.807, 2.05) is 0 Å². The molecule has 0 N–H and O–H groups in total. The minimum absolute atomic E-state index is 0. The summed E-state index contributed by atoms with van der Waals surface area (Å²) in [4.78, 5) is 0. The Morgan fingerprint density at radius 3 is 1.75 bits per heavy atom. The maximum absolute atomic E-state index is 2.19. The zero-order valence-corrected chi connectivity index (χ0v) is 6.49. The fourth-order valence-electron chi connectivity index (χ4n) is 0.658. The Morgan fingerprint density at radius 2 is 1.75 bits per heavy atom. The molecular weight excluding hydrogens is 91.0 g/mol. The van der Waals surface area contributed by atoms with Gasteiger partial charge >= 0.3 is 18.9 Å². The monoisotopic (exact) mass is 106 g/mol. The molecule has 0 fully saturated rings. The van der Waals surface area contributed by atoms with Crippen LogP contribution in [0, 0.1) is 0 Å². The summed E-state index contributed by atoms with van der Waals surface area (Å²) in [5.41, 5.74) is 1.56. The van der Waals surface area contributed by atoms with Crippen molar-refractivity contribution in [3.05, 3.63) is 11.6 Å². The van der Waals surface area contributed by atoms with E-state index in [9.17, 15) is 0 Å². The van der Waals surface area contributed by atoms with Gasteiger partial charge in [-0.3, -0.25) is 0 Å². The maximum atomic E-state index is 2.19. The van der Waals surface area contributed by atoms with Crippen LogP contribution in [0.4, 0.5) is 0 Å². The van der Waals surface area contributed by atoms with Gasteiger partial charge in [0.2, 0.25) is 0 Å². The normalized spacial score (nSPS) is 7.38. The molecule has 0 aromatic carbocycles. The van der Waals surface area contributed by atoms with Gasteiger partial charge in [0.05, 0.1) is 0 Å². The van der Waals surface area contributed by atoms with Gasteiger partial charge in [-0.05, 0) is 19.8 Å². The number of hydrogen-bond acceptors (Lipinski definition) is 0. The van der Waals surface area contributed by atoms with E-state index in [1.54, 1.807) is 5.57 Å². The van der Waals surface area contributed by atoms with Gasteiger partial charge in [0.15, 0.2) is 0 Å². The van der Waals surface area contributed by atoms with E-state index in [4.69, 9.17) is 0 Å². The molecule has 0 rings (SSSR count). The summed E-state index contributed by atoms with van der Waals surface area (Å²) in [5, 5.41) is 0. The van der Waals surface area contributed by atoms with Crippen LogP contribution in [0.3, 0.4) is 0 Å². The number of hydrogen-bond donors (Lipinski definition) is 0. The largest absolute Gasteiger partial charge is 1.00 e. The molecule has 0 saturated carbocycles. The molecule has 0 heterocycles. The molecule has 0 amide bonds. The maximum Gasteiger partial charge on any atom is 1.00 e. The summed E-state index contributed by atoms with van der Waals surface area (Å²) in [6, 6.07) is 0. The standard InChI is InChI=1S/C7H14.Li.H/c1-4-7(5-2)6-3;;/h4H,5-6H2,1-3H3;;/q;+1;-1. The molecule has 0 spiro atoms.